The van der Waals surface area contributed by atoms with Crippen molar-refractivity contribution in [3.8, 4) is 17.2 Å². The van der Waals surface area contributed by atoms with E-state index in [1.54, 1.807) is 29.2 Å². The summed E-state index contributed by atoms with van der Waals surface area (Å²) in [7, 11) is 0. The fourth-order valence-corrected chi connectivity index (χ4v) is 5.24. The lowest BCUT2D eigenvalue weighted by molar-refractivity contribution is -0.140. The molecule has 1 atom stereocenters. The van der Waals surface area contributed by atoms with Gasteiger partial charge in [-0.25, -0.2) is 0 Å². The molecule has 2 fully saturated rings. The minimum absolute atomic E-state index is 0.0655. The van der Waals surface area contributed by atoms with Crippen LogP contribution in [0.1, 0.15) is 63.6 Å². The first kappa shape index (κ1) is 31.4. The Bertz CT molecular complexity index is 1220. The average molecular weight is 581 g/mol. The van der Waals surface area contributed by atoms with Crippen LogP contribution in [-0.2, 0) is 14.3 Å². The molecule has 42 heavy (non-hydrogen) atoms. The van der Waals surface area contributed by atoms with Crippen molar-refractivity contribution in [2.75, 3.05) is 59.2 Å². The Kier molecular flexibility index (Phi) is 11.7. The van der Waals surface area contributed by atoms with E-state index < -0.39 is 17.7 Å². The molecular formula is C33H44N2O7. The Hall–Kier alpha value is -3.56. The van der Waals surface area contributed by atoms with Gasteiger partial charge in [0.25, 0.3) is 11.7 Å². The number of benzene rings is 2. The average Bonchev–Trinajstić information content (AvgIpc) is 3.26. The van der Waals surface area contributed by atoms with E-state index in [4.69, 9.17) is 18.9 Å². The second kappa shape index (κ2) is 15.6. The predicted octanol–water partition coefficient (Wildman–Crippen LogP) is 5.20. The summed E-state index contributed by atoms with van der Waals surface area (Å²) in [5.41, 5.74) is 1.19. The van der Waals surface area contributed by atoms with Gasteiger partial charge in [0, 0.05) is 31.7 Å². The normalized spacial score (nSPS) is 18.8. The number of nitrogens with zero attached hydrogens (tertiary/aromatic N) is 2. The van der Waals surface area contributed by atoms with Gasteiger partial charge in [-0.3, -0.25) is 14.5 Å². The third kappa shape index (κ3) is 7.63. The molecule has 9 heteroatoms. The molecule has 4 rings (SSSR count). The molecule has 0 bridgehead atoms. The van der Waals surface area contributed by atoms with Crippen molar-refractivity contribution < 1.29 is 33.6 Å². The Balaban J connectivity index is 1.69. The second-order valence-corrected chi connectivity index (χ2v) is 10.5. The van der Waals surface area contributed by atoms with Crippen LogP contribution in [0.2, 0.25) is 0 Å². The van der Waals surface area contributed by atoms with Gasteiger partial charge in [0.2, 0.25) is 0 Å². The second-order valence-electron chi connectivity index (χ2n) is 10.5. The van der Waals surface area contributed by atoms with E-state index >= 15 is 0 Å². The summed E-state index contributed by atoms with van der Waals surface area (Å²) in [4.78, 5) is 30.9. The van der Waals surface area contributed by atoms with Crippen molar-refractivity contribution in [3.63, 3.8) is 0 Å². The standard InChI is InChI=1S/C33H44N2O7/c1-4-7-20-42-27-14-11-25(23-28(27)40-6-3)30-29(31(36)24-9-12-26(13-10-24)41-19-5-2)32(37)33(38)35(30)16-8-15-34-17-21-39-22-18-34/h9-14,23,30,36H,4-8,15-22H2,1-3H3/b31-29+. The zero-order valence-corrected chi connectivity index (χ0v) is 25.1. The molecule has 0 aromatic heterocycles. The van der Waals surface area contributed by atoms with Crippen LogP contribution in [0.5, 0.6) is 17.2 Å². The number of amides is 1. The number of carbonyl (C=O) groups is 2. The maximum absolute atomic E-state index is 13.5. The lowest BCUT2D eigenvalue weighted by Gasteiger charge is -2.29. The molecule has 9 nitrogen and oxygen atoms in total. The summed E-state index contributed by atoms with van der Waals surface area (Å²) in [6.07, 6.45) is 3.48. The Labute approximate surface area is 249 Å². The first-order chi connectivity index (χ1) is 20.5. The maximum Gasteiger partial charge on any atom is 0.295 e. The van der Waals surface area contributed by atoms with E-state index in [2.05, 4.69) is 11.8 Å². The molecule has 2 saturated heterocycles. The van der Waals surface area contributed by atoms with Crippen molar-refractivity contribution in [1.29, 1.82) is 0 Å². The summed E-state index contributed by atoms with van der Waals surface area (Å²) in [6, 6.07) is 11.7. The first-order valence-corrected chi connectivity index (χ1v) is 15.2. The van der Waals surface area contributed by atoms with Gasteiger partial charge in [0.05, 0.1) is 44.6 Å². The van der Waals surface area contributed by atoms with E-state index in [0.717, 1.165) is 38.9 Å². The summed E-state index contributed by atoms with van der Waals surface area (Å²) in [5, 5.41) is 11.5. The topological polar surface area (TPSA) is 97.8 Å². The van der Waals surface area contributed by atoms with E-state index in [1.807, 2.05) is 32.0 Å². The minimum Gasteiger partial charge on any atom is -0.507 e. The molecule has 1 unspecified atom stereocenters. The van der Waals surface area contributed by atoms with Crippen molar-refractivity contribution in [1.82, 2.24) is 9.80 Å². The van der Waals surface area contributed by atoms with Crippen LogP contribution >= 0.6 is 0 Å². The zero-order valence-electron chi connectivity index (χ0n) is 25.1. The van der Waals surface area contributed by atoms with Crippen LogP contribution in [0.15, 0.2) is 48.0 Å². The highest BCUT2D eigenvalue weighted by molar-refractivity contribution is 6.46. The molecular weight excluding hydrogens is 536 g/mol. The summed E-state index contributed by atoms with van der Waals surface area (Å²) < 4.78 is 23.0. The highest BCUT2D eigenvalue weighted by Crippen LogP contribution is 2.42. The van der Waals surface area contributed by atoms with Crippen LogP contribution in [0.3, 0.4) is 0 Å². The number of likely N-dealkylation sites (tertiary alicyclic amines) is 1. The molecule has 1 N–H and O–H groups in total. The third-order valence-electron chi connectivity index (χ3n) is 7.46. The summed E-state index contributed by atoms with van der Waals surface area (Å²) >= 11 is 0. The van der Waals surface area contributed by atoms with Crippen molar-refractivity contribution in [2.45, 2.75) is 52.5 Å². The lowest BCUT2D eigenvalue weighted by atomic mass is 9.95. The van der Waals surface area contributed by atoms with E-state index in [-0.39, 0.29) is 11.3 Å². The van der Waals surface area contributed by atoms with Gasteiger partial charge in [0.15, 0.2) is 11.5 Å². The fourth-order valence-electron chi connectivity index (χ4n) is 5.24. The van der Waals surface area contributed by atoms with Crippen LogP contribution < -0.4 is 14.2 Å². The van der Waals surface area contributed by atoms with E-state index in [0.29, 0.717) is 74.4 Å². The Morgan fingerprint density at radius 3 is 2.33 bits per heavy atom. The number of ether oxygens (including phenoxy) is 4. The minimum atomic E-state index is -0.769. The van der Waals surface area contributed by atoms with Gasteiger partial charge in [-0.2, -0.15) is 0 Å². The quantitative estimate of drug-likeness (QED) is 0.133. The van der Waals surface area contributed by atoms with Crippen molar-refractivity contribution >= 4 is 17.4 Å². The molecule has 2 aliphatic rings. The van der Waals surface area contributed by atoms with Gasteiger partial charge in [-0.1, -0.05) is 26.3 Å². The molecule has 2 aromatic carbocycles. The largest absolute Gasteiger partial charge is 0.507 e. The van der Waals surface area contributed by atoms with Gasteiger partial charge in [-0.15, -0.1) is 0 Å². The van der Waals surface area contributed by atoms with Crippen molar-refractivity contribution in [2.24, 2.45) is 0 Å². The maximum atomic E-state index is 13.5. The molecule has 2 aliphatic heterocycles. The monoisotopic (exact) mass is 580 g/mol. The van der Waals surface area contributed by atoms with Crippen LogP contribution in [0.25, 0.3) is 5.76 Å². The van der Waals surface area contributed by atoms with Gasteiger partial charge >= 0.3 is 0 Å². The molecule has 2 heterocycles. The number of rotatable bonds is 15. The molecule has 0 radical (unpaired) electrons. The molecule has 0 spiro atoms. The number of ketones is 1. The summed E-state index contributed by atoms with van der Waals surface area (Å²) in [6.45, 7) is 11.8. The number of carbonyl (C=O) groups excluding carboxylic acids is 2. The fraction of sp³-hybridized carbons (Fsp3) is 0.515. The number of hydrogen-bond acceptors (Lipinski definition) is 8. The van der Waals surface area contributed by atoms with Crippen LogP contribution in [0.4, 0.5) is 0 Å². The smallest absolute Gasteiger partial charge is 0.295 e. The zero-order chi connectivity index (χ0) is 29.9. The lowest BCUT2D eigenvalue weighted by Crippen LogP contribution is -2.39. The van der Waals surface area contributed by atoms with E-state index in [9.17, 15) is 14.7 Å². The Morgan fingerprint density at radius 1 is 0.881 bits per heavy atom. The SMILES string of the molecule is CCCCOc1ccc(C2/C(=C(\O)c3ccc(OCCC)cc3)C(=O)C(=O)N2CCCN2CCOCC2)cc1OCC. The van der Waals surface area contributed by atoms with Crippen LogP contribution in [-0.4, -0.2) is 85.8 Å². The number of unbranched alkanes of at least 4 members (excludes halogenated alkanes) is 1. The van der Waals surface area contributed by atoms with Gasteiger partial charge in [-0.05, 0) is 68.1 Å². The molecule has 0 saturated carbocycles. The van der Waals surface area contributed by atoms with Crippen LogP contribution in [0, 0.1) is 0 Å². The predicted molar refractivity (Wildman–Crippen MR) is 161 cm³/mol. The number of morpholine rings is 1. The highest BCUT2D eigenvalue weighted by Gasteiger charge is 2.46. The van der Waals surface area contributed by atoms with Gasteiger partial charge < -0.3 is 29.0 Å². The molecule has 2 aromatic rings. The number of aliphatic hydroxyl groups is 1. The number of aliphatic hydroxyl groups excluding tert-OH is 1. The molecule has 1 amide bonds. The number of Topliss-reactive ketones (excluding diaryl/α,β-unsaturated/α-hetero) is 1. The summed E-state index contributed by atoms with van der Waals surface area (Å²) in [5.74, 6) is 0.304. The van der Waals surface area contributed by atoms with E-state index in [1.165, 1.54) is 0 Å². The number of hydrogen-bond donors (Lipinski definition) is 1. The third-order valence-corrected chi connectivity index (χ3v) is 7.46. The first-order valence-electron chi connectivity index (χ1n) is 15.2. The Morgan fingerprint density at radius 2 is 1.64 bits per heavy atom. The van der Waals surface area contributed by atoms with Gasteiger partial charge in [0.1, 0.15) is 11.5 Å². The molecule has 228 valence electrons. The highest BCUT2D eigenvalue weighted by atomic mass is 16.5. The molecule has 0 aliphatic carbocycles. The van der Waals surface area contributed by atoms with Crippen molar-refractivity contribution in [3.05, 3.63) is 59.2 Å².